The van der Waals surface area contributed by atoms with Gasteiger partial charge in [0.15, 0.2) is 0 Å². The molecule has 1 aliphatic heterocycles. The lowest BCUT2D eigenvalue weighted by atomic mass is 9.87. The molecule has 3 N–H and O–H groups in total. The normalized spacial score (nSPS) is 26.8. The van der Waals surface area contributed by atoms with Crippen molar-refractivity contribution in [1.82, 2.24) is 5.32 Å². The van der Waals surface area contributed by atoms with E-state index in [-0.39, 0.29) is 11.6 Å². The fourth-order valence-electron chi connectivity index (χ4n) is 2.57. The van der Waals surface area contributed by atoms with Gasteiger partial charge in [-0.15, -0.1) is 0 Å². The van der Waals surface area contributed by atoms with Crippen molar-refractivity contribution in [3.8, 4) is 0 Å². The Morgan fingerprint density at radius 2 is 2.10 bits per heavy atom. The first-order valence-electron chi connectivity index (χ1n) is 6.11. The van der Waals surface area contributed by atoms with Crippen LogP contribution in [-0.4, -0.2) is 11.9 Å². The van der Waals surface area contributed by atoms with Crippen LogP contribution >= 0.6 is 0 Å². The molecule has 2 atom stereocenters. The van der Waals surface area contributed by atoms with Crippen LogP contribution in [0.4, 0.5) is 17.6 Å². The molecule has 2 rings (SSSR count). The molecule has 0 bridgehead atoms. The third kappa shape index (κ3) is 2.37. The molecule has 1 aromatic rings. The van der Waals surface area contributed by atoms with Gasteiger partial charge >= 0.3 is 6.18 Å². The number of nitrogens with two attached hydrogens (primary N) is 1. The van der Waals surface area contributed by atoms with Crippen LogP contribution in [0.3, 0.4) is 0 Å². The molecule has 0 spiro atoms. The van der Waals surface area contributed by atoms with Crippen molar-refractivity contribution < 1.29 is 22.4 Å². The number of rotatable bonds is 2. The monoisotopic (exact) mass is 290 g/mol. The summed E-state index contributed by atoms with van der Waals surface area (Å²) in [5.41, 5.74) is 2.82. The molecule has 2 unspecified atom stereocenters. The third-order valence-corrected chi connectivity index (χ3v) is 3.63. The molecule has 1 amide bonds. The fourth-order valence-corrected chi connectivity index (χ4v) is 2.57. The first kappa shape index (κ1) is 14.8. The van der Waals surface area contributed by atoms with Gasteiger partial charge in [0, 0.05) is 6.04 Å². The molecular weight excluding hydrogens is 276 g/mol. The van der Waals surface area contributed by atoms with Crippen molar-refractivity contribution in [3.63, 3.8) is 0 Å². The highest BCUT2D eigenvalue weighted by Gasteiger charge is 2.45. The molecule has 1 heterocycles. The number of amides is 1. The van der Waals surface area contributed by atoms with Crippen molar-refractivity contribution >= 4 is 5.91 Å². The van der Waals surface area contributed by atoms with Crippen molar-refractivity contribution in [2.24, 2.45) is 5.73 Å². The standard InChI is InChI=1S/C13H14F4N2O/c1-7-4-5-12(19-7,11(18)20)8-2-3-9(10(14)6-8)13(15,16)17/h2-3,6-7,19H,4-5H2,1H3,(H2,18,20). The summed E-state index contributed by atoms with van der Waals surface area (Å²) in [5.74, 6) is -2.13. The van der Waals surface area contributed by atoms with Crippen LogP contribution in [-0.2, 0) is 16.5 Å². The Kier molecular flexibility index (Phi) is 3.49. The van der Waals surface area contributed by atoms with E-state index in [9.17, 15) is 22.4 Å². The molecule has 0 aliphatic carbocycles. The summed E-state index contributed by atoms with van der Waals surface area (Å²) in [4.78, 5) is 11.7. The maximum Gasteiger partial charge on any atom is 0.419 e. The summed E-state index contributed by atoms with van der Waals surface area (Å²) in [5, 5.41) is 2.95. The predicted octanol–water partition coefficient (Wildman–Crippen LogP) is 2.30. The summed E-state index contributed by atoms with van der Waals surface area (Å²) >= 11 is 0. The van der Waals surface area contributed by atoms with Gasteiger partial charge in [-0.1, -0.05) is 6.07 Å². The number of benzene rings is 1. The molecule has 0 aromatic heterocycles. The second kappa shape index (κ2) is 4.73. The summed E-state index contributed by atoms with van der Waals surface area (Å²) < 4.78 is 51.2. The Morgan fingerprint density at radius 3 is 2.50 bits per heavy atom. The van der Waals surface area contributed by atoms with Crippen molar-refractivity contribution in [2.75, 3.05) is 0 Å². The molecule has 7 heteroatoms. The van der Waals surface area contributed by atoms with Gasteiger partial charge in [-0.25, -0.2) is 4.39 Å². The number of alkyl halides is 3. The zero-order valence-corrected chi connectivity index (χ0v) is 10.7. The molecule has 1 aromatic carbocycles. The number of carbonyl (C=O) groups excluding carboxylic acids is 1. The van der Waals surface area contributed by atoms with E-state index in [2.05, 4.69) is 5.32 Å². The highest BCUT2D eigenvalue weighted by molar-refractivity contribution is 5.86. The van der Waals surface area contributed by atoms with Crippen LogP contribution in [0.15, 0.2) is 18.2 Å². The predicted molar refractivity (Wildman–Crippen MR) is 64.1 cm³/mol. The molecular formula is C13H14F4N2O. The molecule has 110 valence electrons. The van der Waals surface area contributed by atoms with Gasteiger partial charge in [0.05, 0.1) is 5.56 Å². The smallest absolute Gasteiger partial charge is 0.368 e. The molecule has 1 saturated heterocycles. The Morgan fingerprint density at radius 1 is 1.45 bits per heavy atom. The SMILES string of the molecule is CC1CCC(C(N)=O)(c2ccc(C(F)(F)F)c(F)c2)N1. The maximum atomic E-state index is 13.6. The number of halogens is 4. The van der Waals surface area contributed by atoms with Crippen LogP contribution in [0.2, 0.25) is 0 Å². The van der Waals surface area contributed by atoms with E-state index in [0.717, 1.165) is 12.1 Å². The minimum atomic E-state index is -4.76. The average Bonchev–Trinajstić information content (AvgIpc) is 2.71. The molecule has 0 radical (unpaired) electrons. The lowest BCUT2D eigenvalue weighted by Crippen LogP contribution is -2.50. The number of carbonyl (C=O) groups is 1. The third-order valence-electron chi connectivity index (χ3n) is 3.63. The van der Waals surface area contributed by atoms with Crippen molar-refractivity contribution in [3.05, 3.63) is 35.1 Å². The van der Waals surface area contributed by atoms with Crippen LogP contribution < -0.4 is 11.1 Å². The van der Waals surface area contributed by atoms with Gasteiger partial charge in [-0.05, 0) is 37.5 Å². The second-order valence-corrected chi connectivity index (χ2v) is 5.05. The minimum absolute atomic E-state index is 0.0205. The summed E-state index contributed by atoms with van der Waals surface area (Å²) in [6.45, 7) is 1.82. The van der Waals surface area contributed by atoms with E-state index in [1.807, 2.05) is 6.92 Å². The fraction of sp³-hybridized carbons (Fsp3) is 0.462. The zero-order valence-electron chi connectivity index (χ0n) is 10.7. The van der Waals surface area contributed by atoms with E-state index < -0.39 is 29.0 Å². The minimum Gasteiger partial charge on any atom is -0.368 e. The summed E-state index contributed by atoms with van der Waals surface area (Å²) in [7, 11) is 0. The van der Waals surface area contributed by atoms with Gasteiger partial charge < -0.3 is 5.73 Å². The largest absolute Gasteiger partial charge is 0.419 e. The van der Waals surface area contributed by atoms with Crippen molar-refractivity contribution in [1.29, 1.82) is 0 Å². The molecule has 3 nitrogen and oxygen atoms in total. The topological polar surface area (TPSA) is 55.1 Å². The Labute approximate surface area is 113 Å². The Hall–Kier alpha value is -1.63. The van der Waals surface area contributed by atoms with Crippen LogP contribution in [0.1, 0.15) is 30.9 Å². The number of primary amides is 1. The lowest BCUT2D eigenvalue weighted by molar-refractivity contribution is -0.140. The van der Waals surface area contributed by atoms with Gasteiger partial charge in [0.1, 0.15) is 11.4 Å². The second-order valence-electron chi connectivity index (χ2n) is 5.05. The number of hydrogen-bond donors (Lipinski definition) is 2. The molecule has 20 heavy (non-hydrogen) atoms. The highest BCUT2D eigenvalue weighted by atomic mass is 19.4. The average molecular weight is 290 g/mol. The Bertz CT molecular complexity index is 544. The molecule has 1 fully saturated rings. The summed E-state index contributed by atoms with van der Waals surface area (Å²) in [6.07, 6.45) is -3.81. The van der Waals surface area contributed by atoms with E-state index >= 15 is 0 Å². The zero-order chi connectivity index (χ0) is 15.1. The van der Waals surface area contributed by atoms with E-state index in [4.69, 9.17) is 5.73 Å². The first-order chi connectivity index (χ1) is 9.17. The van der Waals surface area contributed by atoms with Crippen LogP contribution in [0.5, 0.6) is 0 Å². The lowest BCUT2D eigenvalue weighted by Gasteiger charge is -2.27. The van der Waals surface area contributed by atoms with E-state index in [1.165, 1.54) is 0 Å². The Balaban J connectivity index is 2.47. The van der Waals surface area contributed by atoms with Gasteiger partial charge in [-0.2, -0.15) is 13.2 Å². The first-order valence-corrected chi connectivity index (χ1v) is 6.11. The van der Waals surface area contributed by atoms with Crippen LogP contribution in [0, 0.1) is 5.82 Å². The molecule has 1 aliphatic rings. The number of hydrogen-bond acceptors (Lipinski definition) is 2. The molecule has 0 saturated carbocycles. The van der Waals surface area contributed by atoms with Gasteiger partial charge in [0.2, 0.25) is 5.91 Å². The maximum absolute atomic E-state index is 13.6. The van der Waals surface area contributed by atoms with Crippen LogP contribution in [0.25, 0.3) is 0 Å². The van der Waals surface area contributed by atoms with E-state index in [1.54, 1.807) is 0 Å². The van der Waals surface area contributed by atoms with Gasteiger partial charge in [0.25, 0.3) is 0 Å². The quantitative estimate of drug-likeness (QED) is 0.821. The highest BCUT2D eigenvalue weighted by Crippen LogP contribution is 2.37. The number of nitrogens with one attached hydrogen (secondary N) is 1. The van der Waals surface area contributed by atoms with E-state index in [0.29, 0.717) is 18.9 Å². The summed E-state index contributed by atoms with van der Waals surface area (Å²) in [6, 6.07) is 2.45. The van der Waals surface area contributed by atoms with Gasteiger partial charge in [-0.3, -0.25) is 10.1 Å². The van der Waals surface area contributed by atoms with Crippen molar-refractivity contribution in [2.45, 2.75) is 37.5 Å².